The molecular formula is C21H27IN6. The molecule has 0 saturated heterocycles. The van der Waals surface area contributed by atoms with Gasteiger partial charge in [0, 0.05) is 38.2 Å². The highest BCUT2D eigenvalue weighted by Crippen LogP contribution is 2.47. The lowest BCUT2D eigenvalue weighted by Crippen LogP contribution is -2.41. The Labute approximate surface area is 182 Å². The van der Waals surface area contributed by atoms with Crippen LogP contribution in [0, 0.1) is 0 Å². The van der Waals surface area contributed by atoms with Gasteiger partial charge in [0.1, 0.15) is 5.82 Å². The van der Waals surface area contributed by atoms with E-state index >= 15 is 0 Å². The van der Waals surface area contributed by atoms with Crippen LogP contribution in [0.25, 0.3) is 5.65 Å². The minimum Gasteiger partial charge on any atom is -0.356 e. The lowest BCUT2D eigenvalue weighted by molar-refractivity contribution is 0.640. The van der Waals surface area contributed by atoms with Crippen molar-refractivity contribution in [2.45, 2.75) is 31.1 Å². The highest BCUT2D eigenvalue weighted by molar-refractivity contribution is 14.0. The minimum absolute atomic E-state index is 0. The van der Waals surface area contributed by atoms with Gasteiger partial charge < -0.3 is 10.6 Å². The number of nitrogens with one attached hydrogen (secondary N) is 2. The maximum atomic E-state index is 4.36. The Bertz CT molecular complexity index is 917. The minimum atomic E-state index is 0. The maximum Gasteiger partial charge on any atom is 0.191 e. The second-order valence-electron chi connectivity index (χ2n) is 7.15. The van der Waals surface area contributed by atoms with Crippen LogP contribution < -0.4 is 10.6 Å². The van der Waals surface area contributed by atoms with Gasteiger partial charge >= 0.3 is 0 Å². The van der Waals surface area contributed by atoms with E-state index in [1.807, 2.05) is 35.8 Å². The summed E-state index contributed by atoms with van der Waals surface area (Å²) < 4.78 is 2.05. The fraction of sp³-hybridized carbons (Fsp3) is 0.381. The summed E-state index contributed by atoms with van der Waals surface area (Å²) in [5, 5.41) is 15.4. The number of hydrogen-bond acceptors (Lipinski definition) is 3. The lowest BCUT2D eigenvalue weighted by Gasteiger charge is -2.19. The highest BCUT2D eigenvalue weighted by Gasteiger charge is 2.43. The second-order valence-corrected chi connectivity index (χ2v) is 7.15. The fourth-order valence-electron chi connectivity index (χ4n) is 3.50. The van der Waals surface area contributed by atoms with Crippen LogP contribution in [0.5, 0.6) is 0 Å². The van der Waals surface area contributed by atoms with Gasteiger partial charge in [0.2, 0.25) is 0 Å². The molecule has 1 aliphatic carbocycles. The van der Waals surface area contributed by atoms with E-state index in [4.69, 9.17) is 0 Å². The molecule has 7 heteroatoms. The molecule has 0 aliphatic heterocycles. The number of aryl methyl sites for hydroxylation is 1. The Morgan fingerprint density at radius 3 is 2.61 bits per heavy atom. The normalized spacial score (nSPS) is 15.1. The van der Waals surface area contributed by atoms with E-state index in [0.29, 0.717) is 0 Å². The smallest absolute Gasteiger partial charge is 0.191 e. The van der Waals surface area contributed by atoms with Crippen molar-refractivity contribution in [3.05, 3.63) is 66.1 Å². The summed E-state index contributed by atoms with van der Waals surface area (Å²) in [6.07, 6.45) is 6.34. The van der Waals surface area contributed by atoms with Crippen molar-refractivity contribution in [3.63, 3.8) is 0 Å². The molecule has 1 aromatic carbocycles. The molecule has 6 nitrogen and oxygen atoms in total. The van der Waals surface area contributed by atoms with Crippen LogP contribution in [0.15, 0.2) is 59.7 Å². The molecule has 0 bridgehead atoms. The third-order valence-electron chi connectivity index (χ3n) is 5.31. The van der Waals surface area contributed by atoms with E-state index in [2.05, 4.69) is 56.2 Å². The molecule has 1 saturated carbocycles. The van der Waals surface area contributed by atoms with Crippen LogP contribution in [0.1, 0.15) is 30.7 Å². The van der Waals surface area contributed by atoms with E-state index in [1.165, 1.54) is 18.4 Å². The molecule has 0 spiro atoms. The van der Waals surface area contributed by atoms with Crippen LogP contribution >= 0.6 is 24.0 Å². The number of benzene rings is 1. The summed E-state index contributed by atoms with van der Waals surface area (Å²) in [5.74, 6) is 1.86. The highest BCUT2D eigenvalue weighted by atomic mass is 127. The van der Waals surface area contributed by atoms with E-state index in [9.17, 15) is 0 Å². The monoisotopic (exact) mass is 490 g/mol. The topological polar surface area (TPSA) is 66.6 Å². The number of guanidine groups is 1. The summed E-state index contributed by atoms with van der Waals surface area (Å²) in [7, 11) is 1.82. The van der Waals surface area contributed by atoms with Crippen molar-refractivity contribution in [3.8, 4) is 0 Å². The summed E-state index contributed by atoms with van der Waals surface area (Å²) in [4.78, 5) is 4.36. The summed E-state index contributed by atoms with van der Waals surface area (Å²) in [6.45, 7) is 1.77. The summed E-state index contributed by atoms with van der Waals surface area (Å²) in [5.41, 5.74) is 2.60. The largest absolute Gasteiger partial charge is 0.356 e. The molecule has 1 fully saturated rings. The zero-order valence-corrected chi connectivity index (χ0v) is 18.5. The standard InChI is InChI=1S/C21H26N6.HI/c1-22-20(24-16-21(12-13-21)17-8-3-2-4-9-17)23-14-7-11-19-26-25-18-10-5-6-15-27(18)19;/h2-6,8-10,15H,7,11-14,16H2,1H3,(H2,22,23,24);1H. The first-order chi connectivity index (χ1) is 13.3. The maximum absolute atomic E-state index is 4.36. The van der Waals surface area contributed by atoms with Crippen LogP contribution in [-0.2, 0) is 11.8 Å². The average Bonchev–Trinajstić information content (AvgIpc) is 3.41. The molecule has 2 aromatic heterocycles. The van der Waals surface area contributed by atoms with Gasteiger partial charge in [0.15, 0.2) is 11.6 Å². The van der Waals surface area contributed by atoms with Gasteiger partial charge in [-0.1, -0.05) is 36.4 Å². The molecule has 4 rings (SSSR count). The van der Waals surface area contributed by atoms with Crippen LogP contribution in [0.3, 0.4) is 0 Å². The Kier molecular flexibility index (Phi) is 6.88. The number of nitrogens with zero attached hydrogens (tertiary/aromatic N) is 4. The number of hydrogen-bond donors (Lipinski definition) is 2. The van der Waals surface area contributed by atoms with Gasteiger partial charge in [-0.2, -0.15) is 0 Å². The van der Waals surface area contributed by atoms with Crippen molar-refractivity contribution < 1.29 is 0 Å². The molecule has 0 atom stereocenters. The number of pyridine rings is 1. The van der Waals surface area contributed by atoms with Crippen LogP contribution in [0.2, 0.25) is 0 Å². The number of rotatable bonds is 7. The SMILES string of the molecule is CN=C(NCCCc1nnc2ccccn12)NCC1(c2ccccc2)CC1.I. The first-order valence-corrected chi connectivity index (χ1v) is 9.59. The average molecular weight is 490 g/mol. The molecule has 148 valence electrons. The van der Waals surface area contributed by atoms with Crippen LogP contribution in [-0.4, -0.2) is 40.7 Å². The quantitative estimate of drug-likeness (QED) is 0.231. The zero-order valence-electron chi connectivity index (χ0n) is 16.1. The first-order valence-electron chi connectivity index (χ1n) is 9.59. The third-order valence-corrected chi connectivity index (χ3v) is 5.31. The predicted octanol–water partition coefficient (Wildman–Crippen LogP) is 3.18. The molecule has 3 aromatic rings. The van der Waals surface area contributed by atoms with Crippen LogP contribution in [0.4, 0.5) is 0 Å². The number of aromatic nitrogens is 3. The number of aliphatic imine (C=N–C) groups is 1. The Hall–Kier alpha value is -2.16. The molecule has 0 radical (unpaired) electrons. The lowest BCUT2D eigenvalue weighted by atomic mass is 9.96. The number of fused-ring (bicyclic) bond motifs is 1. The van der Waals surface area contributed by atoms with Gasteiger partial charge in [-0.05, 0) is 37.0 Å². The zero-order chi connectivity index (χ0) is 18.5. The first kappa shape index (κ1) is 20.6. The molecule has 2 N–H and O–H groups in total. The third kappa shape index (κ3) is 4.63. The molecule has 1 aliphatic rings. The predicted molar refractivity (Wildman–Crippen MR) is 123 cm³/mol. The van der Waals surface area contributed by atoms with E-state index in [-0.39, 0.29) is 29.4 Å². The molecule has 0 unspecified atom stereocenters. The Morgan fingerprint density at radius 2 is 1.86 bits per heavy atom. The summed E-state index contributed by atoms with van der Waals surface area (Å²) in [6, 6.07) is 16.7. The molecular weight excluding hydrogens is 463 g/mol. The van der Waals surface area contributed by atoms with Gasteiger partial charge in [-0.15, -0.1) is 34.2 Å². The van der Waals surface area contributed by atoms with E-state index in [1.54, 1.807) is 0 Å². The Morgan fingerprint density at radius 1 is 1.07 bits per heavy atom. The van der Waals surface area contributed by atoms with Gasteiger partial charge in [0.25, 0.3) is 0 Å². The van der Waals surface area contributed by atoms with Crippen molar-refractivity contribution in [2.75, 3.05) is 20.1 Å². The Balaban J connectivity index is 0.00000225. The van der Waals surface area contributed by atoms with Gasteiger partial charge in [-0.25, -0.2) is 0 Å². The van der Waals surface area contributed by atoms with Gasteiger partial charge in [-0.3, -0.25) is 9.39 Å². The van der Waals surface area contributed by atoms with E-state index < -0.39 is 0 Å². The van der Waals surface area contributed by atoms with Crippen molar-refractivity contribution in [1.82, 2.24) is 25.2 Å². The van der Waals surface area contributed by atoms with Crippen molar-refractivity contribution in [1.29, 1.82) is 0 Å². The summed E-state index contributed by atoms with van der Waals surface area (Å²) >= 11 is 0. The van der Waals surface area contributed by atoms with Crippen molar-refractivity contribution >= 4 is 35.6 Å². The fourth-order valence-corrected chi connectivity index (χ4v) is 3.50. The van der Waals surface area contributed by atoms with Crippen molar-refractivity contribution in [2.24, 2.45) is 4.99 Å². The second kappa shape index (κ2) is 9.36. The molecule has 28 heavy (non-hydrogen) atoms. The molecule has 0 amide bonds. The van der Waals surface area contributed by atoms with Gasteiger partial charge in [0.05, 0.1) is 0 Å². The molecule has 2 heterocycles. The van der Waals surface area contributed by atoms with E-state index in [0.717, 1.165) is 43.4 Å². The number of halogens is 1.